The zero-order valence-electron chi connectivity index (χ0n) is 25.5. The van der Waals surface area contributed by atoms with E-state index in [4.69, 9.17) is 0 Å². The fourth-order valence-electron chi connectivity index (χ4n) is 11.8. The lowest BCUT2D eigenvalue weighted by molar-refractivity contribution is -0.228. The lowest BCUT2D eigenvalue weighted by Crippen LogP contribution is -2.66. The fraction of sp³-hybridized carbons (Fsp3) is 0.853. The normalized spacial score (nSPS) is 46.7. The predicted octanol–water partition coefficient (Wildman–Crippen LogP) is 6.13. The van der Waals surface area contributed by atoms with Gasteiger partial charge < -0.3 is 10.0 Å². The number of amides is 1. The Morgan fingerprint density at radius 3 is 2.18 bits per heavy atom. The first kappa shape index (κ1) is 27.7. The number of fused-ring (bicyclic) bond motifs is 7. The highest BCUT2D eigenvalue weighted by Crippen LogP contribution is 2.76. The van der Waals surface area contributed by atoms with Crippen molar-refractivity contribution >= 4 is 17.5 Å². The van der Waals surface area contributed by atoms with Crippen molar-refractivity contribution in [2.75, 3.05) is 13.1 Å². The van der Waals surface area contributed by atoms with Gasteiger partial charge in [0.1, 0.15) is 0 Å². The Hall–Kier alpha value is -1.49. The average Bonchev–Trinajstić information content (AvgIpc) is 3.13. The molecule has 5 heteroatoms. The van der Waals surface area contributed by atoms with Crippen LogP contribution in [0.25, 0.3) is 0 Å². The molecule has 1 heterocycles. The molecule has 5 fully saturated rings. The molecule has 0 unspecified atom stereocenters. The molecule has 4 saturated carbocycles. The number of nitrogens with zero attached hydrogens (tertiary/aromatic N) is 1. The van der Waals surface area contributed by atoms with Crippen LogP contribution in [0.2, 0.25) is 0 Å². The van der Waals surface area contributed by atoms with Crippen LogP contribution >= 0.6 is 0 Å². The molecule has 6 rings (SSSR count). The van der Waals surface area contributed by atoms with Crippen molar-refractivity contribution < 1.29 is 19.5 Å². The van der Waals surface area contributed by atoms with Crippen LogP contribution in [0.5, 0.6) is 0 Å². The van der Waals surface area contributed by atoms with Gasteiger partial charge in [0.15, 0.2) is 5.78 Å². The second-order valence-corrected chi connectivity index (χ2v) is 16.1. The van der Waals surface area contributed by atoms with Gasteiger partial charge in [-0.2, -0.15) is 0 Å². The second-order valence-electron chi connectivity index (χ2n) is 16.1. The molecule has 0 aromatic carbocycles. The third-order valence-electron chi connectivity index (χ3n) is 14.2. The highest BCUT2D eigenvalue weighted by molar-refractivity contribution is 6.40. The quantitative estimate of drug-likeness (QED) is 0.440. The summed E-state index contributed by atoms with van der Waals surface area (Å²) in [7, 11) is 0. The largest absolute Gasteiger partial charge is 0.393 e. The van der Waals surface area contributed by atoms with E-state index < -0.39 is 5.41 Å². The number of aliphatic hydroxyl groups is 1. The van der Waals surface area contributed by atoms with Crippen LogP contribution in [-0.2, 0) is 14.4 Å². The molecular weight excluding hydrogens is 486 g/mol. The van der Waals surface area contributed by atoms with Gasteiger partial charge in [0.2, 0.25) is 5.78 Å². The minimum Gasteiger partial charge on any atom is -0.393 e. The smallest absolute Gasteiger partial charge is 0.290 e. The van der Waals surface area contributed by atoms with E-state index in [-0.39, 0.29) is 63.5 Å². The summed E-state index contributed by atoms with van der Waals surface area (Å²) < 4.78 is 0. The summed E-state index contributed by atoms with van der Waals surface area (Å²) in [4.78, 5) is 42.9. The van der Waals surface area contributed by atoms with E-state index in [1.54, 1.807) is 4.90 Å². The maximum absolute atomic E-state index is 14.1. The SMILES string of the molecule is CC(C)C1=C2[C@H]3CC[C@@H]4[C@@]5(C)CC[C@H](O)C(C)(C)[C@@H]5CC[C@@]4(C)[C@]3(C)CC[C@@]2(C(=O)C(=O)N2CCC2)CC1=O. The van der Waals surface area contributed by atoms with Crippen molar-refractivity contribution in [1.82, 2.24) is 4.90 Å². The van der Waals surface area contributed by atoms with Gasteiger partial charge in [0.25, 0.3) is 5.91 Å². The van der Waals surface area contributed by atoms with Crippen LogP contribution in [0.4, 0.5) is 0 Å². The van der Waals surface area contributed by atoms with Crippen molar-refractivity contribution in [3.05, 3.63) is 11.1 Å². The summed E-state index contributed by atoms with van der Waals surface area (Å²) in [5.41, 5.74) is 1.21. The van der Waals surface area contributed by atoms with E-state index in [0.29, 0.717) is 31.3 Å². The third-order valence-corrected chi connectivity index (χ3v) is 14.2. The molecule has 216 valence electrons. The minimum absolute atomic E-state index is 0.0201. The monoisotopic (exact) mass is 537 g/mol. The van der Waals surface area contributed by atoms with Crippen LogP contribution in [-0.4, -0.2) is 46.7 Å². The lowest BCUT2D eigenvalue weighted by Gasteiger charge is -2.72. The minimum atomic E-state index is -0.922. The number of Topliss-reactive ketones (excluding diaryl/α,β-unsaturated/α-hetero) is 2. The summed E-state index contributed by atoms with van der Waals surface area (Å²) in [5, 5.41) is 11.0. The molecule has 0 aromatic heterocycles. The van der Waals surface area contributed by atoms with Gasteiger partial charge in [-0.15, -0.1) is 0 Å². The van der Waals surface area contributed by atoms with Crippen molar-refractivity contribution in [3.63, 3.8) is 0 Å². The molecule has 0 aromatic rings. The lowest BCUT2D eigenvalue weighted by atomic mass is 9.33. The van der Waals surface area contributed by atoms with Crippen molar-refractivity contribution in [3.8, 4) is 0 Å². The van der Waals surface area contributed by atoms with Gasteiger partial charge in [-0.3, -0.25) is 14.4 Å². The molecule has 5 aliphatic carbocycles. The molecular formula is C34H51NO4. The number of ketones is 2. The molecule has 6 aliphatic rings. The van der Waals surface area contributed by atoms with Crippen LogP contribution in [0.3, 0.4) is 0 Å². The van der Waals surface area contributed by atoms with E-state index in [2.05, 4.69) is 48.5 Å². The molecule has 1 amide bonds. The van der Waals surface area contributed by atoms with E-state index in [1.807, 2.05) is 0 Å². The van der Waals surface area contributed by atoms with Crippen LogP contribution in [0.1, 0.15) is 113 Å². The Morgan fingerprint density at radius 1 is 0.872 bits per heavy atom. The summed E-state index contributed by atoms with van der Waals surface area (Å²) >= 11 is 0. The zero-order valence-corrected chi connectivity index (χ0v) is 25.5. The maximum Gasteiger partial charge on any atom is 0.290 e. The average molecular weight is 538 g/mol. The standard InChI is InChI=1S/C34H51NO4/c1-20(2)26-22(36)19-34(28(38)29(39)35-17-8-18-35)16-15-32(6)21(27(26)34)9-10-24-31(5)13-12-25(37)30(3,4)23(31)11-14-33(24,32)7/h20-21,23-25,37H,8-19H2,1-7H3/t21-,23+,24-,25+,31+,32-,33-,34-/m1/s1. The van der Waals surface area contributed by atoms with E-state index in [9.17, 15) is 19.5 Å². The predicted molar refractivity (Wildman–Crippen MR) is 152 cm³/mol. The first-order valence-electron chi connectivity index (χ1n) is 15.9. The maximum atomic E-state index is 14.1. The number of hydrogen-bond acceptors (Lipinski definition) is 4. The number of hydrogen-bond donors (Lipinski definition) is 1. The number of carbonyl (C=O) groups excluding carboxylic acids is 3. The van der Waals surface area contributed by atoms with Gasteiger partial charge in [0, 0.05) is 19.5 Å². The zero-order chi connectivity index (χ0) is 28.3. The van der Waals surface area contributed by atoms with Crippen LogP contribution in [0, 0.1) is 50.7 Å². The fourth-order valence-corrected chi connectivity index (χ4v) is 11.8. The number of allylic oxidation sites excluding steroid dienone is 2. The molecule has 39 heavy (non-hydrogen) atoms. The second kappa shape index (κ2) is 8.52. The van der Waals surface area contributed by atoms with E-state index >= 15 is 0 Å². The molecule has 0 spiro atoms. The van der Waals surface area contributed by atoms with Gasteiger partial charge in [-0.1, -0.05) is 48.5 Å². The molecule has 1 saturated heterocycles. The molecule has 1 N–H and O–H groups in total. The van der Waals surface area contributed by atoms with Crippen molar-refractivity contribution in [2.24, 2.45) is 50.7 Å². The third kappa shape index (κ3) is 3.32. The Bertz CT molecular complexity index is 1150. The Kier molecular flexibility index (Phi) is 6.04. The van der Waals surface area contributed by atoms with E-state index in [1.165, 1.54) is 0 Å². The van der Waals surface area contributed by atoms with Gasteiger partial charge in [0.05, 0.1) is 11.5 Å². The van der Waals surface area contributed by atoms with Gasteiger partial charge in [-0.05, 0) is 114 Å². The molecule has 0 radical (unpaired) electrons. The highest BCUT2D eigenvalue weighted by atomic mass is 16.3. The van der Waals surface area contributed by atoms with Gasteiger partial charge >= 0.3 is 0 Å². The number of rotatable bonds is 3. The molecule has 8 atom stereocenters. The van der Waals surface area contributed by atoms with Gasteiger partial charge in [-0.25, -0.2) is 0 Å². The number of carbonyl (C=O) groups is 3. The number of aliphatic hydroxyl groups excluding tert-OH is 1. The summed E-state index contributed by atoms with van der Waals surface area (Å²) in [6.07, 6.45) is 8.76. The topological polar surface area (TPSA) is 74.7 Å². The van der Waals surface area contributed by atoms with E-state index in [0.717, 1.165) is 62.5 Å². The molecule has 1 aliphatic heterocycles. The summed E-state index contributed by atoms with van der Waals surface area (Å²) in [5.74, 6) is 0.756. The first-order valence-corrected chi connectivity index (χ1v) is 15.9. The van der Waals surface area contributed by atoms with Crippen LogP contribution < -0.4 is 0 Å². The summed E-state index contributed by atoms with van der Waals surface area (Å²) in [6.45, 7) is 17.6. The first-order chi connectivity index (χ1) is 18.1. The highest BCUT2D eigenvalue weighted by Gasteiger charge is 2.71. The number of likely N-dealkylation sites (tertiary alicyclic amines) is 1. The van der Waals surface area contributed by atoms with Crippen molar-refractivity contribution in [1.29, 1.82) is 0 Å². The summed E-state index contributed by atoms with van der Waals surface area (Å²) in [6, 6.07) is 0. The van der Waals surface area contributed by atoms with Crippen LogP contribution in [0.15, 0.2) is 11.1 Å². The Labute approximate surface area is 235 Å². The van der Waals surface area contributed by atoms with Crippen molar-refractivity contribution in [2.45, 2.75) is 119 Å². The Balaban J connectivity index is 1.44. The Morgan fingerprint density at radius 2 is 1.56 bits per heavy atom. The molecule has 5 nitrogen and oxygen atoms in total. The molecule has 0 bridgehead atoms.